The zero-order chi connectivity index (χ0) is 11.9. The molecule has 0 aliphatic carbocycles. The number of alkyl halides is 3. The number of carboxylic acid groups (broad SMARTS) is 1. The summed E-state index contributed by atoms with van der Waals surface area (Å²) in [6.07, 6.45) is -3.61. The highest BCUT2D eigenvalue weighted by molar-refractivity contribution is 5.94. The van der Waals surface area contributed by atoms with Gasteiger partial charge in [-0.25, -0.2) is 4.79 Å². The van der Waals surface area contributed by atoms with Gasteiger partial charge in [-0.3, -0.25) is 4.40 Å². The molecule has 2 heterocycles. The number of carbonyl (C=O) groups is 1. The molecule has 0 radical (unpaired) electrons. The third kappa shape index (κ3) is 1.47. The zero-order valence-electron chi connectivity index (χ0n) is 7.56. The van der Waals surface area contributed by atoms with Gasteiger partial charge in [-0.15, -0.1) is 10.2 Å². The van der Waals surface area contributed by atoms with Crippen LogP contribution in [0.2, 0.25) is 0 Å². The Labute approximate surface area is 86.1 Å². The lowest BCUT2D eigenvalue weighted by Crippen LogP contribution is -2.11. The van der Waals surface area contributed by atoms with Gasteiger partial charge in [0.15, 0.2) is 5.65 Å². The number of pyridine rings is 1. The SMILES string of the molecule is O=C(O)c1cccn2c(C(F)(F)F)nnc12. The van der Waals surface area contributed by atoms with Crippen LogP contribution >= 0.6 is 0 Å². The minimum Gasteiger partial charge on any atom is -0.478 e. The van der Waals surface area contributed by atoms with E-state index in [1.54, 1.807) is 0 Å². The molecular formula is C8H4F3N3O2. The summed E-state index contributed by atoms with van der Waals surface area (Å²) in [6, 6.07) is 2.35. The van der Waals surface area contributed by atoms with E-state index >= 15 is 0 Å². The summed E-state index contributed by atoms with van der Waals surface area (Å²) in [6.45, 7) is 0. The number of hydrogen-bond donors (Lipinski definition) is 1. The standard InChI is InChI=1S/C8H4F3N3O2/c9-8(10,11)7-13-12-5-4(6(15)16)2-1-3-14(5)7/h1-3H,(H,15,16). The molecule has 2 aromatic rings. The molecule has 0 spiro atoms. The maximum Gasteiger partial charge on any atom is 0.452 e. The number of hydrogen-bond acceptors (Lipinski definition) is 3. The summed E-state index contributed by atoms with van der Waals surface area (Å²) in [5.74, 6) is -2.60. The first-order valence-corrected chi connectivity index (χ1v) is 4.05. The average molecular weight is 231 g/mol. The van der Waals surface area contributed by atoms with Crippen molar-refractivity contribution < 1.29 is 23.1 Å². The van der Waals surface area contributed by atoms with Gasteiger partial charge in [-0.1, -0.05) is 0 Å². The molecule has 0 saturated carbocycles. The highest BCUT2D eigenvalue weighted by Crippen LogP contribution is 2.28. The van der Waals surface area contributed by atoms with Gasteiger partial charge in [0.2, 0.25) is 5.82 Å². The quantitative estimate of drug-likeness (QED) is 0.806. The third-order valence-electron chi connectivity index (χ3n) is 1.92. The fourth-order valence-electron chi connectivity index (χ4n) is 1.28. The van der Waals surface area contributed by atoms with E-state index in [0.717, 1.165) is 12.3 Å². The van der Waals surface area contributed by atoms with Crippen molar-refractivity contribution in [3.8, 4) is 0 Å². The summed E-state index contributed by atoms with van der Waals surface area (Å²) in [5.41, 5.74) is -0.659. The molecular weight excluding hydrogens is 227 g/mol. The summed E-state index contributed by atoms with van der Waals surface area (Å²) < 4.78 is 37.8. The molecule has 0 amide bonds. The maximum absolute atomic E-state index is 12.4. The van der Waals surface area contributed by atoms with E-state index in [0.29, 0.717) is 4.40 Å². The lowest BCUT2D eigenvalue weighted by atomic mass is 10.3. The van der Waals surface area contributed by atoms with Gasteiger partial charge in [0, 0.05) is 6.20 Å². The summed E-state index contributed by atoms with van der Waals surface area (Å²) in [7, 11) is 0. The lowest BCUT2D eigenvalue weighted by molar-refractivity contribution is -0.145. The maximum atomic E-state index is 12.4. The number of nitrogens with zero attached hydrogens (tertiary/aromatic N) is 3. The molecule has 0 aliphatic rings. The Kier molecular flexibility index (Phi) is 2.07. The molecule has 1 N–H and O–H groups in total. The van der Waals surface area contributed by atoms with Crippen LogP contribution in [0.15, 0.2) is 18.3 Å². The van der Waals surface area contributed by atoms with Crippen LogP contribution in [-0.4, -0.2) is 25.7 Å². The van der Waals surface area contributed by atoms with Gasteiger partial charge < -0.3 is 5.11 Å². The normalized spacial score (nSPS) is 11.9. The molecule has 84 valence electrons. The second-order valence-corrected chi connectivity index (χ2v) is 2.94. The average Bonchev–Trinajstić information content (AvgIpc) is 2.59. The Morgan fingerprint density at radius 3 is 2.62 bits per heavy atom. The fraction of sp³-hybridized carbons (Fsp3) is 0.125. The highest BCUT2D eigenvalue weighted by atomic mass is 19.4. The van der Waals surface area contributed by atoms with Crippen molar-refractivity contribution >= 4 is 11.6 Å². The van der Waals surface area contributed by atoms with E-state index in [9.17, 15) is 18.0 Å². The molecule has 8 heteroatoms. The number of rotatable bonds is 1. The van der Waals surface area contributed by atoms with Crippen molar-refractivity contribution in [2.24, 2.45) is 0 Å². The minimum absolute atomic E-state index is 0.328. The van der Waals surface area contributed by atoms with Crippen molar-refractivity contribution in [2.75, 3.05) is 0 Å². The van der Waals surface area contributed by atoms with Crippen LogP contribution in [0.5, 0.6) is 0 Å². The monoisotopic (exact) mass is 231 g/mol. The number of halogens is 3. The first-order valence-electron chi connectivity index (χ1n) is 4.05. The van der Waals surface area contributed by atoms with Crippen LogP contribution in [0.4, 0.5) is 13.2 Å². The lowest BCUT2D eigenvalue weighted by Gasteiger charge is -2.03. The highest BCUT2D eigenvalue weighted by Gasteiger charge is 2.37. The second kappa shape index (κ2) is 3.19. The Morgan fingerprint density at radius 1 is 1.38 bits per heavy atom. The molecule has 0 saturated heterocycles. The first-order chi connectivity index (χ1) is 7.41. The minimum atomic E-state index is -4.67. The van der Waals surface area contributed by atoms with E-state index in [1.807, 2.05) is 0 Å². The van der Waals surface area contributed by atoms with Gasteiger partial charge in [-0.2, -0.15) is 13.2 Å². The molecule has 16 heavy (non-hydrogen) atoms. The largest absolute Gasteiger partial charge is 0.478 e. The molecule has 0 aliphatic heterocycles. The van der Waals surface area contributed by atoms with Crippen LogP contribution < -0.4 is 0 Å². The summed E-state index contributed by atoms with van der Waals surface area (Å²) in [4.78, 5) is 10.7. The van der Waals surface area contributed by atoms with Crippen molar-refractivity contribution in [3.63, 3.8) is 0 Å². The van der Waals surface area contributed by atoms with E-state index in [4.69, 9.17) is 5.11 Å². The number of carboxylic acids is 1. The van der Waals surface area contributed by atoms with Crippen molar-refractivity contribution in [2.45, 2.75) is 6.18 Å². The first kappa shape index (κ1) is 10.4. The molecule has 0 fully saturated rings. The van der Waals surface area contributed by atoms with Crippen molar-refractivity contribution in [1.82, 2.24) is 14.6 Å². The van der Waals surface area contributed by atoms with Crippen LogP contribution in [0.3, 0.4) is 0 Å². The van der Waals surface area contributed by atoms with Crippen LogP contribution in [0, 0.1) is 0 Å². The Bertz CT molecular complexity index is 561. The fourth-order valence-corrected chi connectivity index (χ4v) is 1.28. The van der Waals surface area contributed by atoms with Crippen LogP contribution in [-0.2, 0) is 6.18 Å². The number of aromatic carboxylic acids is 1. The van der Waals surface area contributed by atoms with Gasteiger partial charge >= 0.3 is 12.1 Å². The zero-order valence-corrected chi connectivity index (χ0v) is 7.56. The van der Waals surface area contributed by atoms with Gasteiger partial charge in [0.1, 0.15) is 5.56 Å². The molecule has 0 atom stereocenters. The Balaban J connectivity index is 2.76. The number of fused-ring (bicyclic) bond motifs is 1. The van der Waals surface area contributed by atoms with Crippen LogP contribution in [0.25, 0.3) is 5.65 Å². The predicted octanol–water partition coefficient (Wildman–Crippen LogP) is 1.45. The van der Waals surface area contributed by atoms with Gasteiger partial charge in [0.25, 0.3) is 0 Å². The predicted molar refractivity (Wildman–Crippen MR) is 44.9 cm³/mol. The van der Waals surface area contributed by atoms with Crippen molar-refractivity contribution in [3.05, 3.63) is 29.7 Å². The van der Waals surface area contributed by atoms with Crippen molar-refractivity contribution in [1.29, 1.82) is 0 Å². The Hall–Kier alpha value is -2.12. The molecule has 2 aromatic heterocycles. The van der Waals surface area contributed by atoms with Crippen LogP contribution in [0.1, 0.15) is 16.2 Å². The summed E-state index contributed by atoms with van der Waals surface area (Å²) >= 11 is 0. The topological polar surface area (TPSA) is 67.5 Å². The molecule has 0 aromatic carbocycles. The van der Waals surface area contributed by atoms with Gasteiger partial charge in [-0.05, 0) is 12.1 Å². The van der Waals surface area contributed by atoms with E-state index in [2.05, 4.69) is 10.2 Å². The van der Waals surface area contributed by atoms with E-state index < -0.39 is 18.0 Å². The molecule has 0 bridgehead atoms. The molecule has 0 unspecified atom stereocenters. The molecule has 5 nitrogen and oxygen atoms in total. The van der Waals surface area contributed by atoms with Gasteiger partial charge in [0.05, 0.1) is 0 Å². The smallest absolute Gasteiger partial charge is 0.452 e. The van der Waals surface area contributed by atoms with E-state index in [-0.39, 0.29) is 11.2 Å². The second-order valence-electron chi connectivity index (χ2n) is 2.94. The Morgan fingerprint density at radius 2 is 2.06 bits per heavy atom. The van der Waals surface area contributed by atoms with E-state index in [1.165, 1.54) is 6.07 Å². The third-order valence-corrected chi connectivity index (χ3v) is 1.92. The molecule has 2 rings (SSSR count). The number of aromatic nitrogens is 3. The summed E-state index contributed by atoms with van der Waals surface area (Å²) in [5, 5.41) is 14.9.